The van der Waals surface area contributed by atoms with Gasteiger partial charge in [0, 0.05) is 17.5 Å². The molecule has 0 saturated heterocycles. The van der Waals surface area contributed by atoms with E-state index in [0.717, 1.165) is 24.1 Å². The van der Waals surface area contributed by atoms with Crippen molar-refractivity contribution in [3.05, 3.63) is 111 Å². The SMILES string of the molecule is Cc1c(C(=O)N[C@H](c2cccc(F)c2)C2CC2)c2cccc(F)c2c(=O)n1C1=Nc2ccccc2C1. The van der Waals surface area contributed by atoms with Gasteiger partial charge in [-0.15, -0.1) is 0 Å². The molecule has 1 aliphatic carbocycles. The van der Waals surface area contributed by atoms with Crippen LogP contribution in [0.25, 0.3) is 10.8 Å². The third-order valence-corrected chi connectivity index (χ3v) is 7.06. The Morgan fingerprint density at radius 1 is 1.06 bits per heavy atom. The smallest absolute Gasteiger partial charge is 0.267 e. The quantitative estimate of drug-likeness (QED) is 0.411. The van der Waals surface area contributed by atoms with Crippen molar-refractivity contribution in [2.24, 2.45) is 10.9 Å². The topological polar surface area (TPSA) is 63.5 Å². The van der Waals surface area contributed by atoms with Gasteiger partial charge < -0.3 is 5.32 Å². The van der Waals surface area contributed by atoms with E-state index >= 15 is 4.39 Å². The van der Waals surface area contributed by atoms with Gasteiger partial charge in [0.2, 0.25) is 0 Å². The largest absolute Gasteiger partial charge is 0.345 e. The summed E-state index contributed by atoms with van der Waals surface area (Å²) in [7, 11) is 0. The van der Waals surface area contributed by atoms with Gasteiger partial charge in [-0.1, -0.05) is 42.5 Å². The molecule has 2 aliphatic rings. The van der Waals surface area contributed by atoms with Crippen molar-refractivity contribution in [1.82, 2.24) is 9.88 Å². The van der Waals surface area contributed by atoms with Crippen molar-refractivity contribution in [2.45, 2.75) is 32.2 Å². The Kier molecular flexibility index (Phi) is 5.29. The predicted octanol–water partition coefficient (Wildman–Crippen LogP) is 5.60. The number of aliphatic imine (C=N–C) groups is 1. The maximum Gasteiger partial charge on any atom is 0.267 e. The Morgan fingerprint density at radius 3 is 2.58 bits per heavy atom. The van der Waals surface area contributed by atoms with Crippen molar-refractivity contribution in [3.8, 4) is 0 Å². The van der Waals surface area contributed by atoms with E-state index in [1.54, 1.807) is 25.1 Å². The Hall–Kier alpha value is -4.13. The first kappa shape index (κ1) is 22.3. The first-order valence-corrected chi connectivity index (χ1v) is 12.0. The van der Waals surface area contributed by atoms with Crippen LogP contribution in [0.2, 0.25) is 0 Å². The molecule has 0 unspecified atom stereocenters. The van der Waals surface area contributed by atoms with E-state index in [1.165, 1.54) is 28.8 Å². The monoisotopic (exact) mass is 483 g/mol. The number of fused-ring (bicyclic) bond motifs is 2. The number of nitrogens with zero attached hydrogens (tertiary/aromatic N) is 2. The van der Waals surface area contributed by atoms with E-state index in [0.29, 0.717) is 23.5 Å². The number of amides is 1. The van der Waals surface area contributed by atoms with E-state index < -0.39 is 17.3 Å². The predicted molar refractivity (Wildman–Crippen MR) is 135 cm³/mol. The van der Waals surface area contributed by atoms with Crippen LogP contribution in [0.15, 0.2) is 76.5 Å². The minimum atomic E-state index is -0.694. The maximum absolute atomic E-state index is 15.0. The molecule has 4 aromatic rings. The summed E-state index contributed by atoms with van der Waals surface area (Å²) < 4.78 is 30.4. The number of rotatable bonds is 4. The lowest BCUT2D eigenvalue weighted by Gasteiger charge is -2.22. The number of aromatic nitrogens is 1. The molecule has 1 fully saturated rings. The minimum absolute atomic E-state index is 0.152. The summed E-state index contributed by atoms with van der Waals surface area (Å²) in [5.74, 6) is -0.863. The summed E-state index contributed by atoms with van der Waals surface area (Å²) in [5.41, 5.74) is 2.44. The van der Waals surface area contributed by atoms with Gasteiger partial charge in [-0.3, -0.25) is 14.2 Å². The first-order chi connectivity index (χ1) is 17.4. The maximum atomic E-state index is 15.0. The van der Waals surface area contributed by atoms with Crippen LogP contribution in [0.4, 0.5) is 14.5 Å². The fourth-order valence-corrected chi connectivity index (χ4v) is 5.18. The summed E-state index contributed by atoms with van der Waals surface area (Å²) in [6.45, 7) is 1.68. The van der Waals surface area contributed by atoms with Crippen LogP contribution < -0.4 is 10.9 Å². The van der Waals surface area contributed by atoms with E-state index in [1.807, 2.05) is 24.3 Å². The number of para-hydroxylation sites is 1. The number of pyridine rings is 1. The molecule has 0 spiro atoms. The highest BCUT2D eigenvalue weighted by molar-refractivity contribution is 6.09. The summed E-state index contributed by atoms with van der Waals surface area (Å²) in [6.07, 6.45) is 2.24. The molecule has 0 radical (unpaired) electrons. The second-order valence-corrected chi connectivity index (χ2v) is 9.44. The standard InChI is InChI=1S/C29H23F2N3O2/c1-16-25(28(35)33-27(17-12-13-17)19-7-4-8-20(30)14-19)21-9-5-10-22(31)26(21)29(36)34(16)24-15-18-6-2-3-11-23(18)32-24/h2-11,14,17,27H,12-13,15H2,1H3,(H,33,35)/t27-/m0/s1. The van der Waals surface area contributed by atoms with Crippen LogP contribution in [0.3, 0.4) is 0 Å². The molecule has 1 atom stereocenters. The zero-order valence-corrected chi connectivity index (χ0v) is 19.6. The molecule has 7 heteroatoms. The summed E-state index contributed by atoms with van der Waals surface area (Å²) >= 11 is 0. The molecule has 1 aromatic heterocycles. The van der Waals surface area contributed by atoms with Crippen LogP contribution in [-0.2, 0) is 6.42 Å². The molecular formula is C29H23F2N3O2. The van der Waals surface area contributed by atoms with Crippen LogP contribution in [0.5, 0.6) is 0 Å². The van der Waals surface area contributed by atoms with Crippen molar-refractivity contribution < 1.29 is 13.6 Å². The normalized spacial score (nSPS) is 15.5. The molecule has 1 N–H and O–H groups in total. The highest BCUT2D eigenvalue weighted by Gasteiger charge is 2.35. The number of hydrogen-bond donors (Lipinski definition) is 1. The fraction of sp³-hybridized carbons (Fsp3) is 0.207. The minimum Gasteiger partial charge on any atom is -0.345 e. The molecular weight excluding hydrogens is 460 g/mol. The lowest BCUT2D eigenvalue weighted by atomic mass is 9.99. The van der Waals surface area contributed by atoms with Gasteiger partial charge in [-0.05, 0) is 61.1 Å². The van der Waals surface area contributed by atoms with Crippen LogP contribution in [-0.4, -0.2) is 16.3 Å². The Morgan fingerprint density at radius 2 is 1.83 bits per heavy atom. The molecule has 180 valence electrons. The number of carbonyl (C=O) groups is 1. The molecule has 36 heavy (non-hydrogen) atoms. The van der Waals surface area contributed by atoms with Crippen molar-refractivity contribution in [1.29, 1.82) is 0 Å². The Bertz CT molecular complexity index is 1640. The van der Waals surface area contributed by atoms with E-state index in [-0.39, 0.29) is 34.1 Å². The zero-order chi connectivity index (χ0) is 25.0. The Labute approximate surface area is 206 Å². The lowest BCUT2D eigenvalue weighted by Crippen LogP contribution is -2.36. The molecule has 1 aliphatic heterocycles. The van der Waals surface area contributed by atoms with Crippen LogP contribution >= 0.6 is 0 Å². The third-order valence-electron chi connectivity index (χ3n) is 7.06. The first-order valence-electron chi connectivity index (χ1n) is 12.0. The molecule has 0 bridgehead atoms. The molecule has 1 amide bonds. The average molecular weight is 484 g/mol. The highest BCUT2D eigenvalue weighted by Crippen LogP contribution is 2.41. The van der Waals surface area contributed by atoms with Gasteiger partial charge in [-0.2, -0.15) is 0 Å². The van der Waals surface area contributed by atoms with Gasteiger partial charge in [0.05, 0.1) is 22.7 Å². The van der Waals surface area contributed by atoms with Crippen molar-refractivity contribution >= 4 is 28.2 Å². The Balaban J connectivity index is 1.50. The summed E-state index contributed by atoms with van der Waals surface area (Å²) in [6, 6.07) is 17.7. The van der Waals surface area contributed by atoms with Gasteiger partial charge >= 0.3 is 0 Å². The molecule has 5 nitrogen and oxygen atoms in total. The molecule has 3 aromatic carbocycles. The number of nitrogens with one attached hydrogen (secondary N) is 1. The molecule has 2 heterocycles. The second kappa shape index (κ2) is 8.52. The van der Waals surface area contributed by atoms with Gasteiger partial charge in [-0.25, -0.2) is 13.8 Å². The van der Waals surface area contributed by atoms with Crippen LogP contribution in [0, 0.1) is 24.5 Å². The van der Waals surface area contributed by atoms with Gasteiger partial charge in [0.25, 0.3) is 11.5 Å². The molecule has 6 rings (SSSR count). The molecule has 1 saturated carbocycles. The number of carbonyl (C=O) groups excluding carboxylic acids is 1. The van der Waals surface area contributed by atoms with Crippen molar-refractivity contribution in [2.75, 3.05) is 0 Å². The van der Waals surface area contributed by atoms with Crippen molar-refractivity contribution in [3.63, 3.8) is 0 Å². The lowest BCUT2D eigenvalue weighted by molar-refractivity contribution is 0.0932. The highest BCUT2D eigenvalue weighted by atomic mass is 19.1. The fourth-order valence-electron chi connectivity index (χ4n) is 5.18. The van der Waals surface area contributed by atoms with E-state index in [9.17, 15) is 14.0 Å². The average Bonchev–Trinajstić information content (AvgIpc) is 3.60. The van der Waals surface area contributed by atoms with Crippen LogP contribution in [0.1, 0.15) is 46.1 Å². The summed E-state index contributed by atoms with van der Waals surface area (Å²) in [4.78, 5) is 32.0. The van der Waals surface area contributed by atoms with Gasteiger partial charge in [0.1, 0.15) is 17.5 Å². The second-order valence-electron chi connectivity index (χ2n) is 9.44. The number of hydrogen-bond acceptors (Lipinski definition) is 3. The third kappa shape index (κ3) is 3.71. The summed E-state index contributed by atoms with van der Waals surface area (Å²) in [5, 5.41) is 3.16. The number of benzene rings is 3. The number of halogens is 2. The van der Waals surface area contributed by atoms with E-state index in [4.69, 9.17) is 0 Å². The van der Waals surface area contributed by atoms with E-state index in [2.05, 4.69) is 10.3 Å². The van der Waals surface area contributed by atoms with Gasteiger partial charge in [0.15, 0.2) is 0 Å². The zero-order valence-electron chi connectivity index (χ0n) is 19.6.